The highest BCUT2D eigenvalue weighted by Gasteiger charge is 2.44. The molecule has 2 heterocycles. The summed E-state index contributed by atoms with van der Waals surface area (Å²) in [5.41, 5.74) is 1.19. The van der Waals surface area contributed by atoms with E-state index in [0.29, 0.717) is 29.8 Å². The molecule has 0 radical (unpaired) electrons. The number of ketones is 1. The van der Waals surface area contributed by atoms with Crippen molar-refractivity contribution in [2.75, 3.05) is 33.3 Å². The van der Waals surface area contributed by atoms with Crippen LogP contribution in [0.1, 0.15) is 36.0 Å². The van der Waals surface area contributed by atoms with Crippen LogP contribution in [0.2, 0.25) is 0 Å². The lowest BCUT2D eigenvalue weighted by atomic mass is 9.95. The van der Waals surface area contributed by atoms with E-state index in [0.717, 1.165) is 23.1 Å². The van der Waals surface area contributed by atoms with Gasteiger partial charge in [0.2, 0.25) is 5.78 Å². The van der Waals surface area contributed by atoms with Crippen molar-refractivity contribution in [3.05, 3.63) is 75.7 Å². The molecule has 178 valence electrons. The normalized spacial score (nSPS) is 16.2. The molecule has 0 fully saturated rings. The molecule has 2 aromatic carbocycles. The number of Topliss-reactive ketones (excluding diaryl/α,β-unsaturated/α-hetero) is 1. The van der Waals surface area contributed by atoms with Gasteiger partial charge in [-0.05, 0) is 42.9 Å². The summed E-state index contributed by atoms with van der Waals surface area (Å²) in [5, 5.41) is 11.6. The molecule has 1 atom stereocenters. The summed E-state index contributed by atoms with van der Waals surface area (Å²) < 4.78 is 12.1. The number of fused-ring (bicyclic) bond motifs is 1. The first-order chi connectivity index (χ1) is 16.4. The highest BCUT2D eigenvalue weighted by Crippen LogP contribution is 2.40. The molecule has 0 saturated carbocycles. The number of carbonyl (C=O) groups is 2. The monoisotopic (exact) mass is 526 g/mol. The van der Waals surface area contributed by atoms with E-state index in [1.165, 1.54) is 7.11 Å². The predicted molar refractivity (Wildman–Crippen MR) is 133 cm³/mol. The standard InChI is InChI=1S/C26H27BrN2O5/c1-4-28(5-2)13-14-29-22(16-9-11-18(27)12-10-16)21(24(31)26(29)32)23(30)20-15-17-7-6-8-19(33-3)25(17)34-20/h6-12,15,22,31H,4-5,13-14H2,1-3H3/t22-/m0/s1. The van der Waals surface area contributed by atoms with Gasteiger partial charge in [0, 0.05) is 22.9 Å². The van der Waals surface area contributed by atoms with Gasteiger partial charge >= 0.3 is 0 Å². The predicted octanol–water partition coefficient (Wildman–Crippen LogP) is 5.12. The first-order valence-corrected chi connectivity index (χ1v) is 12.0. The zero-order chi connectivity index (χ0) is 24.4. The Hall–Kier alpha value is -3.10. The Morgan fingerprint density at radius 1 is 1.18 bits per heavy atom. The highest BCUT2D eigenvalue weighted by atomic mass is 79.9. The maximum atomic E-state index is 13.7. The second-order valence-corrected chi connectivity index (χ2v) is 8.98. The highest BCUT2D eigenvalue weighted by molar-refractivity contribution is 9.10. The van der Waals surface area contributed by atoms with Gasteiger partial charge in [-0.3, -0.25) is 9.59 Å². The second-order valence-electron chi connectivity index (χ2n) is 8.06. The topological polar surface area (TPSA) is 83.2 Å². The van der Waals surface area contributed by atoms with Crippen molar-refractivity contribution in [3.8, 4) is 5.75 Å². The van der Waals surface area contributed by atoms with E-state index >= 15 is 0 Å². The molecule has 0 spiro atoms. The quantitative estimate of drug-likeness (QED) is 0.389. The lowest BCUT2D eigenvalue weighted by Crippen LogP contribution is -2.38. The Bertz CT molecular complexity index is 1240. The van der Waals surface area contributed by atoms with Crippen molar-refractivity contribution < 1.29 is 23.8 Å². The van der Waals surface area contributed by atoms with Gasteiger partial charge < -0.3 is 24.1 Å². The summed E-state index contributed by atoms with van der Waals surface area (Å²) >= 11 is 3.43. The van der Waals surface area contributed by atoms with Crippen LogP contribution in [0.5, 0.6) is 5.75 Å². The van der Waals surface area contributed by atoms with Crippen molar-refractivity contribution in [2.45, 2.75) is 19.9 Å². The first kappa shape index (κ1) is 24.0. The van der Waals surface area contributed by atoms with Gasteiger partial charge in [0.25, 0.3) is 5.91 Å². The molecule has 34 heavy (non-hydrogen) atoms. The summed E-state index contributed by atoms with van der Waals surface area (Å²) in [4.78, 5) is 30.6. The summed E-state index contributed by atoms with van der Waals surface area (Å²) in [6, 6.07) is 13.7. The molecular formula is C26H27BrN2O5. The summed E-state index contributed by atoms with van der Waals surface area (Å²) in [6.45, 7) is 6.80. The minimum atomic E-state index is -0.723. The number of furan rings is 1. The van der Waals surface area contributed by atoms with E-state index in [-0.39, 0.29) is 11.3 Å². The van der Waals surface area contributed by atoms with Crippen LogP contribution in [0, 0.1) is 0 Å². The molecule has 1 aliphatic heterocycles. The van der Waals surface area contributed by atoms with Crippen LogP contribution in [0.25, 0.3) is 11.0 Å². The van der Waals surface area contributed by atoms with Crippen molar-refractivity contribution in [1.82, 2.24) is 9.80 Å². The number of nitrogens with zero attached hydrogens (tertiary/aromatic N) is 2. The number of likely N-dealkylation sites (N-methyl/N-ethyl adjacent to an activating group) is 1. The van der Waals surface area contributed by atoms with Gasteiger partial charge in [-0.1, -0.05) is 54.0 Å². The fourth-order valence-corrected chi connectivity index (χ4v) is 4.60. The van der Waals surface area contributed by atoms with E-state index in [1.54, 1.807) is 23.1 Å². The maximum Gasteiger partial charge on any atom is 0.290 e. The van der Waals surface area contributed by atoms with Crippen molar-refractivity contribution in [3.63, 3.8) is 0 Å². The summed E-state index contributed by atoms with van der Waals surface area (Å²) in [5.74, 6) is -1.08. The third kappa shape index (κ3) is 4.35. The molecule has 0 aliphatic carbocycles. The molecule has 1 aliphatic rings. The molecule has 7 nitrogen and oxygen atoms in total. The number of para-hydroxylation sites is 1. The smallest absolute Gasteiger partial charge is 0.290 e. The first-order valence-electron chi connectivity index (χ1n) is 11.2. The molecule has 1 aromatic heterocycles. The number of hydrogen-bond donors (Lipinski definition) is 1. The number of aliphatic hydroxyl groups excluding tert-OH is 1. The van der Waals surface area contributed by atoms with Crippen LogP contribution < -0.4 is 4.74 Å². The lowest BCUT2D eigenvalue weighted by molar-refractivity contribution is -0.129. The van der Waals surface area contributed by atoms with Crippen LogP contribution >= 0.6 is 15.9 Å². The third-order valence-electron chi connectivity index (χ3n) is 6.24. The number of halogens is 1. The van der Waals surface area contributed by atoms with Crippen LogP contribution in [-0.2, 0) is 4.79 Å². The Morgan fingerprint density at radius 2 is 1.88 bits per heavy atom. The SMILES string of the molecule is CCN(CC)CCN1C(=O)C(O)=C(C(=O)c2cc3cccc(OC)c3o2)[C@@H]1c1ccc(Br)cc1. The third-order valence-corrected chi connectivity index (χ3v) is 6.77. The fourth-order valence-electron chi connectivity index (χ4n) is 4.34. The van der Waals surface area contributed by atoms with Crippen molar-refractivity contribution in [1.29, 1.82) is 0 Å². The number of benzene rings is 2. The zero-order valence-corrected chi connectivity index (χ0v) is 21.0. The van der Waals surface area contributed by atoms with E-state index in [4.69, 9.17) is 9.15 Å². The van der Waals surface area contributed by atoms with E-state index < -0.39 is 23.5 Å². The largest absolute Gasteiger partial charge is 0.503 e. The Labute approximate surface area is 206 Å². The van der Waals surface area contributed by atoms with E-state index in [1.807, 2.05) is 30.3 Å². The Kier molecular flexibility index (Phi) is 7.09. The average molecular weight is 527 g/mol. The molecule has 3 aromatic rings. The van der Waals surface area contributed by atoms with E-state index in [9.17, 15) is 14.7 Å². The fraction of sp³-hybridized carbons (Fsp3) is 0.308. The lowest BCUT2D eigenvalue weighted by Gasteiger charge is -2.29. The molecule has 8 heteroatoms. The van der Waals surface area contributed by atoms with Crippen LogP contribution in [0.3, 0.4) is 0 Å². The molecule has 4 rings (SSSR count). The van der Waals surface area contributed by atoms with Crippen LogP contribution in [-0.4, -0.2) is 59.9 Å². The van der Waals surface area contributed by atoms with Gasteiger partial charge in [-0.15, -0.1) is 0 Å². The number of ether oxygens (including phenoxy) is 1. The number of hydrogen-bond acceptors (Lipinski definition) is 6. The summed E-state index contributed by atoms with van der Waals surface area (Å²) in [6.07, 6.45) is 0. The van der Waals surface area contributed by atoms with Crippen molar-refractivity contribution >= 4 is 38.6 Å². The molecule has 1 amide bonds. The second kappa shape index (κ2) is 10.0. The Balaban J connectivity index is 1.76. The van der Waals surface area contributed by atoms with Gasteiger partial charge in [-0.25, -0.2) is 0 Å². The maximum absolute atomic E-state index is 13.7. The van der Waals surface area contributed by atoms with Gasteiger partial charge in [0.1, 0.15) is 0 Å². The van der Waals surface area contributed by atoms with Gasteiger partial charge in [0.15, 0.2) is 22.9 Å². The molecular weight excluding hydrogens is 500 g/mol. The van der Waals surface area contributed by atoms with Crippen molar-refractivity contribution in [2.24, 2.45) is 0 Å². The van der Waals surface area contributed by atoms with Crippen LogP contribution in [0.15, 0.2) is 68.8 Å². The minimum absolute atomic E-state index is 0.0184. The number of carbonyl (C=O) groups excluding carboxylic acids is 2. The van der Waals surface area contributed by atoms with Gasteiger partial charge in [0.05, 0.1) is 18.7 Å². The summed E-state index contributed by atoms with van der Waals surface area (Å²) in [7, 11) is 1.53. The average Bonchev–Trinajstić information content (AvgIpc) is 3.39. The zero-order valence-electron chi connectivity index (χ0n) is 19.4. The van der Waals surface area contributed by atoms with E-state index in [2.05, 4.69) is 34.7 Å². The number of aliphatic hydroxyl groups is 1. The number of rotatable bonds is 9. The number of methoxy groups -OCH3 is 1. The minimum Gasteiger partial charge on any atom is -0.503 e. The van der Waals surface area contributed by atoms with Gasteiger partial charge in [-0.2, -0.15) is 0 Å². The molecule has 0 saturated heterocycles. The molecule has 1 N–H and O–H groups in total. The Morgan fingerprint density at radius 3 is 2.53 bits per heavy atom. The van der Waals surface area contributed by atoms with Crippen LogP contribution in [0.4, 0.5) is 0 Å². The molecule has 0 bridgehead atoms. The number of amides is 1. The molecule has 0 unspecified atom stereocenters.